The quantitative estimate of drug-likeness (QED) is 0.141. The SMILES string of the molecule is O=C(CSc1nnc(Cc2cccs2)n1CCc1ccccc1)c1cccc([N+](=O)[O-])c1. The van der Waals surface area contributed by atoms with Gasteiger partial charge in [0.25, 0.3) is 5.69 Å². The number of aryl methyl sites for hydroxylation is 1. The maximum Gasteiger partial charge on any atom is 0.270 e. The van der Waals surface area contributed by atoms with Gasteiger partial charge in [-0.3, -0.25) is 14.9 Å². The number of Topliss-reactive ketones (excluding diaryl/α,β-unsaturated/α-hetero) is 1. The van der Waals surface area contributed by atoms with Crippen LogP contribution in [0.2, 0.25) is 0 Å². The number of thiophene rings is 1. The number of carbonyl (C=O) groups excluding carboxylic acids is 1. The molecule has 0 N–H and O–H groups in total. The van der Waals surface area contributed by atoms with Crippen LogP contribution in [0.3, 0.4) is 0 Å². The van der Waals surface area contributed by atoms with E-state index in [9.17, 15) is 14.9 Å². The third-order valence-corrected chi connectivity index (χ3v) is 6.73. The molecule has 7 nitrogen and oxygen atoms in total. The molecule has 32 heavy (non-hydrogen) atoms. The number of aromatic nitrogens is 3. The van der Waals surface area contributed by atoms with Crippen molar-refractivity contribution in [3.05, 3.63) is 104 Å². The summed E-state index contributed by atoms with van der Waals surface area (Å²) in [5.74, 6) is 0.800. The summed E-state index contributed by atoms with van der Waals surface area (Å²) in [7, 11) is 0. The Morgan fingerprint density at radius 1 is 1.06 bits per heavy atom. The van der Waals surface area contributed by atoms with E-state index < -0.39 is 4.92 Å². The lowest BCUT2D eigenvalue weighted by Crippen LogP contribution is -2.09. The topological polar surface area (TPSA) is 90.9 Å². The number of nitro benzene ring substituents is 1. The van der Waals surface area contributed by atoms with E-state index in [2.05, 4.69) is 33.0 Å². The van der Waals surface area contributed by atoms with Crippen molar-refractivity contribution in [2.24, 2.45) is 0 Å². The number of rotatable bonds is 10. The van der Waals surface area contributed by atoms with Gasteiger partial charge in [0, 0.05) is 35.5 Å². The second kappa shape index (κ2) is 10.3. The monoisotopic (exact) mass is 464 g/mol. The van der Waals surface area contributed by atoms with Gasteiger partial charge in [0.15, 0.2) is 10.9 Å². The molecule has 4 rings (SSSR count). The first-order chi connectivity index (χ1) is 15.6. The molecule has 0 aliphatic carbocycles. The van der Waals surface area contributed by atoms with Crippen molar-refractivity contribution in [1.29, 1.82) is 0 Å². The summed E-state index contributed by atoms with van der Waals surface area (Å²) >= 11 is 2.98. The minimum absolute atomic E-state index is 0.0925. The maximum atomic E-state index is 12.6. The zero-order valence-electron chi connectivity index (χ0n) is 17.1. The number of nitro groups is 1. The van der Waals surface area contributed by atoms with Gasteiger partial charge in [-0.1, -0.05) is 60.3 Å². The van der Waals surface area contributed by atoms with E-state index in [1.807, 2.05) is 29.6 Å². The van der Waals surface area contributed by atoms with Gasteiger partial charge in [0.05, 0.1) is 10.7 Å². The fraction of sp³-hybridized carbons (Fsp3) is 0.174. The van der Waals surface area contributed by atoms with Crippen LogP contribution in [0.5, 0.6) is 0 Å². The van der Waals surface area contributed by atoms with Crippen LogP contribution < -0.4 is 0 Å². The standard InChI is InChI=1S/C23H20N4O3S2/c28-21(18-8-4-9-19(14-18)27(29)30)16-32-23-25-24-22(15-20-10-5-13-31-20)26(23)12-11-17-6-2-1-3-7-17/h1-10,13-14H,11-12,15-16H2. The molecule has 162 valence electrons. The lowest BCUT2D eigenvalue weighted by molar-refractivity contribution is -0.384. The molecule has 0 fully saturated rings. The fourth-order valence-electron chi connectivity index (χ4n) is 3.24. The van der Waals surface area contributed by atoms with Gasteiger partial charge in [-0.25, -0.2) is 0 Å². The van der Waals surface area contributed by atoms with Crippen molar-refractivity contribution >= 4 is 34.6 Å². The number of hydrogen-bond donors (Lipinski definition) is 0. The number of nitrogens with zero attached hydrogens (tertiary/aromatic N) is 4. The van der Waals surface area contributed by atoms with Gasteiger partial charge < -0.3 is 4.57 Å². The Balaban J connectivity index is 1.50. The van der Waals surface area contributed by atoms with Crippen molar-refractivity contribution in [3.8, 4) is 0 Å². The summed E-state index contributed by atoms with van der Waals surface area (Å²) in [6.07, 6.45) is 1.50. The van der Waals surface area contributed by atoms with E-state index in [4.69, 9.17) is 0 Å². The smallest absolute Gasteiger partial charge is 0.270 e. The van der Waals surface area contributed by atoms with Crippen molar-refractivity contribution in [2.45, 2.75) is 24.5 Å². The number of carbonyl (C=O) groups is 1. The highest BCUT2D eigenvalue weighted by atomic mass is 32.2. The number of non-ortho nitro benzene ring substituents is 1. The Kier molecular flexibility index (Phi) is 7.08. The molecule has 0 aliphatic heterocycles. The van der Waals surface area contributed by atoms with Gasteiger partial charge in [-0.05, 0) is 23.4 Å². The minimum Gasteiger partial charge on any atom is -0.305 e. The third kappa shape index (κ3) is 5.49. The van der Waals surface area contributed by atoms with Crippen molar-refractivity contribution < 1.29 is 9.72 Å². The third-order valence-electron chi connectivity index (χ3n) is 4.88. The van der Waals surface area contributed by atoms with Crippen LogP contribution >= 0.6 is 23.1 Å². The zero-order chi connectivity index (χ0) is 22.3. The molecule has 2 heterocycles. The van der Waals surface area contributed by atoms with Crippen LogP contribution in [0, 0.1) is 10.1 Å². The Bertz CT molecular complexity index is 1210. The van der Waals surface area contributed by atoms with Crippen LogP contribution in [-0.2, 0) is 19.4 Å². The largest absolute Gasteiger partial charge is 0.305 e. The average molecular weight is 465 g/mol. The highest BCUT2D eigenvalue weighted by Crippen LogP contribution is 2.23. The molecule has 0 aliphatic rings. The summed E-state index contributed by atoms with van der Waals surface area (Å²) in [5.41, 5.74) is 1.44. The highest BCUT2D eigenvalue weighted by Gasteiger charge is 2.17. The molecule has 0 amide bonds. The van der Waals surface area contributed by atoms with E-state index in [0.717, 1.165) is 12.2 Å². The maximum absolute atomic E-state index is 12.6. The lowest BCUT2D eigenvalue weighted by atomic mass is 10.1. The van der Waals surface area contributed by atoms with E-state index in [0.29, 0.717) is 23.7 Å². The first-order valence-electron chi connectivity index (χ1n) is 9.99. The minimum atomic E-state index is -0.499. The molecule has 0 spiro atoms. The number of thioether (sulfide) groups is 1. The zero-order valence-corrected chi connectivity index (χ0v) is 18.7. The predicted molar refractivity (Wildman–Crippen MR) is 125 cm³/mol. The lowest BCUT2D eigenvalue weighted by Gasteiger charge is -2.10. The highest BCUT2D eigenvalue weighted by molar-refractivity contribution is 7.99. The van der Waals surface area contributed by atoms with E-state index in [-0.39, 0.29) is 17.2 Å². The first kappa shape index (κ1) is 21.9. The molecule has 9 heteroatoms. The Morgan fingerprint density at radius 2 is 1.91 bits per heavy atom. The molecular weight excluding hydrogens is 444 g/mol. The molecule has 4 aromatic rings. The van der Waals surface area contributed by atoms with Crippen LogP contribution in [0.1, 0.15) is 26.6 Å². The summed E-state index contributed by atoms with van der Waals surface area (Å²) < 4.78 is 2.07. The van der Waals surface area contributed by atoms with Gasteiger partial charge >= 0.3 is 0 Å². The summed E-state index contributed by atoms with van der Waals surface area (Å²) in [6, 6.07) is 20.1. The molecule has 0 bridgehead atoms. The molecule has 0 radical (unpaired) electrons. The van der Waals surface area contributed by atoms with Crippen molar-refractivity contribution in [2.75, 3.05) is 5.75 Å². The number of ketones is 1. The van der Waals surface area contributed by atoms with Crippen LogP contribution in [-0.4, -0.2) is 31.2 Å². The number of benzene rings is 2. The Labute approximate surface area is 193 Å². The predicted octanol–water partition coefficient (Wildman–Crippen LogP) is 5.06. The first-order valence-corrected chi connectivity index (χ1v) is 11.9. The molecule has 0 unspecified atom stereocenters. The summed E-state index contributed by atoms with van der Waals surface area (Å²) in [5, 5.41) is 22.4. The van der Waals surface area contributed by atoms with Gasteiger partial charge in [0.2, 0.25) is 0 Å². The summed E-state index contributed by atoms with van der Waals surface area (Å²) in [6.45, 7) is 0.699. The molecule has 0 atom stereocenters. The Hall–Kier alpha value is -3.30. The Morgan fingerprint density at radius 3 is 2.66 bits per heavy atom. The molecule has 2 aromatic heterocycles. The van der Waals surface area contributed by atoms with E-state index in [1.54, 1.807) is 17.4 Å². The average Bonchev–Trinajstić information content (AvgIpc) is 3.47. The second-order valence-corrected chi connectivity index (χ2v) is 9.04. The molecule has 0 saturated heterocycles. The second-order valence-electron chi connectivity index (χ2n) is 7.06. The van der Waals surface area contributed by atoms with Crippen LogP contribution in [0.15, 0.2) is 77.3 Å². The number of hydrogen-bond acceptors (Lipinski definition) is 7. The van der Waals surface area contributed by atoms with E-state index >= 15 is 0 Å². The molecular formula is C23H20N4O3S2. The van der Waals surface area contributed by atoms with Crippen LogP contribution in [0.4, 0.5) is 5.69 Å². The fourth-order valence-corrected chi connectivity index (χ4v) is 4.82. The van der Waals surface area contributed by atoms with Crippen molar-refractivity contribution in [1.82, 2.24) is 14.8 Å². The molecule has 2 aromatic carbocycles. The van der Waals surface area contributed by atoms with Gasteiger partial charge in [-0.2, -0.15) is 0 Å². The van der Waals surface area contributed by atoms with Crippen LogP contribution in [0.25, 0.3) is 0 Å². The van der Waals surface area contributed by atoms with E-state index in [1.165, 1.54) is 40.4 Å². The normalized spacial score (nSPS) is 10.9. The van der Waals surface area contributed by atoms with Crippen molar-refractivity contribution in [3.63, 3.8) is 0 Å². The molecule has 0 saturated carbocycles. The van der Waals surface area contributed by atoms with Gasteiger partial charge in [-0.15, -0.1) is 21.5 Å². The summed E-state index contributed by atoms with van der Waals surface area (Å²) in [4.78, 5) is 24.3. The van der Waals surface area contributed by atoms with Gasteiger partial charge in [0.1, 0.15) is 5.82 Å².